The lowest BCUT2D eigenvalue weighted by Gasteiger charge is -2.07. The summed E-state index contributed by atoms with van der Waals surface area (Å²) in [6.45, 7) is 1.89. The molecule has 122 valence electrons. The van der Waals surface area contributed by atoms with Crippen LogP contribution in [0.5, 0.6) is 0 Å². The van der Waals surface area contributed by atoms with Gasteiger partial charge in [-0.3, -0.25) is 9.97 Å². The number of rotatable bonds is 3. The van der Waals surface area contributed by atoms with E-state index < -0.39 is 5.97 Å². The average molecular weight is 331 g/mol. The van der Waals surface area contributed by atoms with Gasteiger partial charge in [0, 0.05) is 23.7 Å². The first-order valence-electron chi connectivity index (χ1n) is 7.61. The molecule has 0 aliphatic heterocycles. The van der Waals surface area contributed by atoms with Crippen LogP contribution < -0.4 is 0 Å². The Morgan fingerprint density at radius 1 is 1.00 bits per heavy atom. The number of hydrogen-bond acceptors (Lipinski definition) is 5. The van der Waals surface area contributed by atoms with Crippen LogP contribution in [0, 0.1) is 6.92 Å². The fraction of sp³-hybridized carbons (Fsp3) is 0.0556. The van der Waals surface area contributed by atoms with Crippen LogP contribution in [0.2, 0.25) is 0 Å². The molecule has 0 aliphatic rings. The number of pyridine rings is 2. The fourth-order valence-electron chi connectivity index (χ4n) is 2.74. The van der Waals surface area contributed by atoms with E-state index in [1.54, 1.807) is 30.5 Å². The van der Waals surface area contributed by atoms with Gasteiger partial charge in [-0.25, -0.2) is 14.3 Å². The van der Waals surface area contributed by atoms with Crippen molar-refractivity contribution >= 4 is 11.6 Å². The Bertz CT molecular complexity index is 1100. The van der Waals surface area contributed by atoms with Gasteiger partial charge in [-0.2, -0.15) is 5.10 Å². The SMILES string of the molecule is Cc1cccc(-c2ncccc2-c2nc3cccnn3c2C(=O)O)n1. The van der Waals surface area contributed by atoms with Crippen LogP contribution in [0.3, 0.4) is 0 Å². The summed E-state index contributed by atoms with van der Waals surface area (Å²) in [5.74, 6) is -1.10. The van der Waals surface area contributed by atoms with Crippen LogP contribution in [0.15, 0.2) is 54.9 Å². The summed E-state index contributed by atoms with van der Waals surface area (Å²) in [5.41, 5.74) is 3.47. The summed E-state index contributed by atoms with van der Waals surface area (Å²) in [6, 6.07) is 12.6. The van der Waals surface area contributed by atoms with Gasteiger partial charge in [-0.15, -0.1) is 0 Å². The van der Waals surface area contributed by atoms with Crippen molar-refractivity contribution in [2.75, 3.05) is 0 Å². The molecule has 7 nitrogen and oxygen atoms in total. The Morgan fingerprint density at radius 3 is 2.64 bits per heavy atom. The highest BCUT2D eigenvalue weighted by Crippen LogP contribution is 2.31. The van der Waals surface area contributed by atoms with Crippen molar-refractivity contribution in [1.29, 1.82) is 0 Å². The predicted molar refractivity (Wildman–Crippen MR) is 91.1 cm³/mol. The quantitative estimate of drug-likeness (QED) is 0.620. The highest BCUT2D eigenvalue weighted by molar-refractivity contribution is 5.96. The number of nitrogens with zero attached hydrogens (tertiary/aromatic N) is 5. The maximum absolute atomic E-state index is 11.8. The zero-order chi connectivity index (χ0) is 17.4. The normalized spacial score (nSPS) is 10.9. The second-order valence-electron chi connectivity index (χ2n) is 5.47. The molecule has 0 atom stereocenters. The van der Waals surface area contributed by atoms with Gasteiger partial charge >= 0.3 is 5.97 Å². The summed E-state index contributed by atoms with van der Waals surface area (Å²) in [6.07, 6.45) is 3.18. The van der Waals surface area contributed by atoms with Gasteiger partial charge in [0.15, 0.2) is 11.3 Å². The minimum Gasteiger partial charge on any atom is -0.476 e. The number of imidazole rings is 1. The highest BCUT2D eigenvalue weighted by Gasteiger charge is 2.23. The molecular formula is C18H13N5O2. The van der Waals surface area contributed by atoms with Crippen molar-refractivity contribution < 1.29 is 9.90 Å². The molecule has 25 heavy (non-hydrogen) atoms. The molecule has 0 saturated carbocycles. The Morgan fingerprint density at radius 2 is 1.84 bits per heavy atom. The van der Waals surface area contributed by atoms with Crippen LogP contribution in [0.25, 0.3) is 28.3 Å². The molecule has 4 aromatic rings. The lowest BCUT2D eigenvalue weighted by molar-refractivity contribution is 0.0689. The van der Waals surface area contributed by atoms with Gasteiger partial charge in [-0.05, 0) is 43.3 Å². The zero-order valence-electron chi connectivity index (χ0n) is 13.3. The molecule has 0 aliphatic carbocycles. The van der Waals surface area contributed by atoms with Gasteiger partial charge in [0.2, 0.25) is 0 Å². The maximum Gasteiger partial charge on any atom is 0.356 e. The molecule has 0 bridgehead atoms. The molecule has 4 aromatic heterocycles. The van der Waals surface area contributed by atoms with E-state index in [0.29, 0.717) is 28.3 Å². The Labute approximate surface area is 142 Å². The van der Waals surface area contributed by atoms with Crippen LogP contribution in [0.1, 0.15) is 16.2 Å². The lowest BCUT2D eigenvalue weighted by atomic mass is 10.1. The first-order chi connectivity index (χ1) is 12.1. The first-order valence-corrected chi connectivity index (χ1v) is 7.61. The van der Waals surface area contributed by atoms with Crippen molar-refractivity contribution in [2.45, 2.75) is 6.92 Å². The van der Waals surface area contributed by atoms with E-state index in [-0.39, 0.29) is 5.69 Å². The number of hydrogen-bond donors (Lipinski definition) is 1. The maximum atomic E-state index is 11.8. The van der Waals surface area contributed by atoms with Gasteiger partial charge in [-0.1, -0.05) is 6.07 Å². The number of aromatic nitrogens is 5. The Hall–Kier alpha value is -3.61. The molecule has 0 fully saturated rings. The number of aromatic carboxylic acids is 1. The summed E-state index contributed by atoms with van der Waals surface area (Å²) in [7, 11) is 0. The smallest absolute Gasteiger partial charge is 0.356 e. The summed E-state index contributed by atoms with van der Waals surface area (Å²) < 4.78 is 1.32. The van der Waals surface area contributed by atoms with E-state index in [4.69, 9.17) is 0 Å². The standard InChI is InChI=1S/C18H13N5O2/c1-11-5-2-7-13(21-11)15-12(6-3-9-19-15)16-17(18(24)25)23-14(22-16)8-4-10-20-23/h2-10H,1H3,(H,24,25). The van der Waals surface area contributed by atoms with Gasteiger partial charge in [0.25, 0.3) is 0 Å². The molecular weight excluding hydrogens is 318 g/mol. The van der Waals surface area contributed by atoms with E-state index >= 15 is 0 Å². The van der Waals surface area contributed by atoms with Crippen LogP contribution in [-0.4, -0.2) is 35.6 Å². The largest absolute Gasteiger partial charge is 0.476 e. The second kappa shape index (κ2) is 5.79. The van der Waals surface area contributed by atoms with Crippen molar-refractivity contribution in [3.8, 4) is 22.6 Å². The molecule has 0 unspecified atom stereocenters. The summed E-state index contributed by atoms with van der Waals surface area (Å²) >= 11 is 0. The molecule has 0 spiro atoms. The Kier molecular flexibility index (Phi) is 3.46. The summed E-state index contributed by atoms with van der Waals surface area (Å²) in [5, 5.41) is 13.8. The molecule has 0 saturated heterocycles. The number of aryl methyl sites for hydroxylation is 1. The molecule has 1 N–H and O–H groups in total. The van der Waals surface area contributed by atoms with E-state index in [1.807, 2.05) is 25.1 Å². The van der Waals surface area contributed by atoms with E-state index in [9.17, 15) is 9.90 Å². The van der Waals surface area contributed by atoms with Crippen LogP contribution in [-0.2, 0) is 0 Å². The van der Waals surface area contributed by atoms with Gasteiger partial charge < -0.3 is 5.11 Å². The molecule has 0 radical (unpaired) electrons. The second-order valence-corrected chi connectivity index (χ2v) is 5.47. The van der Waals surface area contributed by atoms with Crippen molar-refractivity contribution in [3.63, 3.8) is 0 Å². The lowest BCUT2D eigenvalue weighted by Crippen LogP contribution is -2.06. The predicted octanol–water partition coefficient (Wildman–Crippen LogP) is 2.86. The summed E-state index contributed by atoms with van der Waals surface area (Å²) in [4.78, 5) is 25.2. The minimum atomic E-state index is -1.10. The van der Waals surface area contributed by atoms with E-state index in [0.717, 1.165) is 5.69 Å². The topological polar surface area (TPSA) is 93.3 Å². The number of fused-ring (bicyclic) bond motifs is 1. The number of carboxylic acids is 1. The third-order valence-electron chi connectivity index (χ3n) is 3.79. The Balaban J connectivity index is 2.02. The fourth-order valence-corrected chi connectivity index (χ4v) is 2.74. The van der Waals surface area contributed by atoms with E-state index in [1.165, 1.54) is 10.7 Å². The zero-order valence-corrected chi connectivity index (χ0v) is 13.3. The number of carbonyl (C=O) groups is 1. The average Bonchev–Trinajstić information content (AvgIpc) is 3.01. The van der Waals surface area contributed by atoms with Gasteiger partial charge in [0.05, 0.1) is 11.4 Å². The van der Waals surface area contributed by atoms with Crippen LogP contribution >= 0.6 is 0 Å². The molecule has 0 amide bonds. The van der Waals surface area contributed by atoms with E-state index in [2.05, 4.69) is 20.1 Å². The molecule has 4 rings (SSSR count). The molecule has 4 heterocycles. The highest BCUT2D eigenvalue weighted by atomic mass is 16.4. The molecule has 7 heteroatoms. The third kappa shape index (κ3) is 2.51. The van der Waals surface area contributed by atoms with Crippen molar-refractivity contribution in [3.05, 3.63) is 66.2 Å². The third-order valence-corrected chi connectivity index (χ3v) is 3.79. The first kappa shape index (κ1) is 14.9. The monoisotopic (exact) mass is 331 g/mol. The molecule has 0 aromatic carbocycles. The van der Waals surface area contributed by atoms with Crippen LogP contribution in [0.4, 0.5) is 0 Å². The minimum absolute atomic E-state index is 0.00231. The van der Waals surface area contributed by atoms with Crippen molar-refractivity contribution in [2.24, 2.45) is 0 Å². The van der Waals surface area contributed by atoms with Gasteiger partial charge in [0.1, 0.15) is 5.69 Å². The number of carboxylic acid groups (broad SMARTS) is 1. The van der Waals surface area contributed by atoms with Crippen molar-refractivity contribution in [1.82, 2.24) is 24.6 Å².